The van der Waals surface area contributed by atoms with Gasteiger partial charge in [0.2, 0.25) is 0 Å². The van der Waals surface area contributed by atoms with Crippen LogP contribution in [0.1, 0.15) is 11.1 Å². The van der Waals surface area contributed by atoms with Crippen molar-refractivity contribution >= 4 is 35.8 Å². The summed E-state index contributed by atoms with van der Waals surface area (Å²) >= 11 is 5.12. The highest BCUT2D eigenvalue weighted by atomic mass is 32.2. The van der Waals surface area contributed by atoms with Crippen LogP contribution < -0.4 is 11.5 Å². The van der Waals surface area contributed by atoms with E-state index in [4.69, 9.17) is 16.7 Å². The van der Waals surface area contributed by atoms with Gasteiger partial charge in [0, 0.05) is 26.1 Å². The second kappa shape index (κ2) is 9.44. The fraction of sp³-hybridized carbons (Fsp3) is 0.0500. The number of rotatable bonds is 2. The van der Waals surface area contributed by atoms with Crippen LogP contribution >= 0.6 is 24.4 Å². The summed E-state index contributed by atoms with van der Waals surface area (Å²) in [6, 6.07) is 19.2. The minimum absolute atomic E-state index is 0.186. The molecule has 3 aromatic carbocycles. The van der Waals surface area contributed by atoms with Gasteiger partial charge in [-0.3, -0.25) is 0 Å². The lowest BCUT2D eigenvalue weighted by Crippen LogP contribution is -2.05. The van der Waals surface area contributed by atoms with E-state index in [1.165, 1.54) is 6.07 Å². The normalized spacial score (nSPS) is 10.5. The summed E-state index contributed by atoms with van der Waals surface area (Å²) in [5, 5.41) is 8.98. The molecular formula is C20H16F3N3S2. The van der Waals surface area contributed by atoms with E-state index >= 15 is 0 Å². The molecule has 0 heterocycles. The third-order valence-electron chi connectivity index (χ3n) is 3.51. The van der Waals surface area contributed by atoms with Crippen molar-refractivity contribution in [2.24, 2.45) is 0 Å². The molecule has 0 fully saturated rings. The van der Waals surface area contributed by atoms with Crippen LogP contribution in [0.2, 0.25) is 0 Å². The zero-order chi connectivity index (χ0) is 20.7. The van der Waals surface area contributed by atoms with Gasteiger partial charge in [-0.1, -0.05) is 36.0 Å². The van der Waals surface area contributed by atoms with E-state index in [1.807, 2.05) is 30.3 Å². The van der Waals surface area contributed by atoms with E-state index in [1.54, 1.807) is 24.3 Å². The largest absolute Gasteiger partial charge is 0.416 e. The number of benzene rings is 3. The predicted molar refractivity (Wildman–Crippen MR) is 109 cm³/mol. The third-order valence-corrected chi connectivity index (χ3v) is 5.06. The van der Waals surface area contributed by atoms with Gasteiger partial charge in [-0.15, -0.1) is 12.6 Å². The van der Waals surface area contributed by atoms with Crippen molar-refractivity contribution < 1.29 is 13.2 Å². The SMILES string of the molecule is N#Cc1ccc(C(F)(F)F)cc1Sc1ccccc1N.Nc1ccccc1S. The molecule has 0 saturated carbocycles. The van der Waals surface area contributed by atoms with Crippen LogP contribution in [-0.4, -0.2) is 0 Å². The molecule has 0 amide bonds. The van der Waals surface area contributed by atoms with E-state index in [0.29, 0.717) is 10.6 Å². The molecule has 3 aromatic rings. The Hall–Kier alpha value is -2.76. The Morgan fingerprint density at radius 2 is 1.46 bits per heavy atom. The zero-order valence-electron chi connectivity index (χ0n) is 14.4. The fourth-order valence-corrected chi connectivity index (χ4v) is 3.19. The molecule has 8 heteroatoms. The highest BCUT2D eigenvalue weighted by Crippen LogP contribution is 2.38. The van der Waals surface area contributed by atoms with Crippen molar-refractivity contribution in [3.63, 3.8) is 0 Å². The van der Waals surface area contributed by atoms with Crippen molar-refractivity contribution in [2.45, 2.75) is 20.9 Å². The van der Waals surface area contributed by atoms with Crippen LogP contribution in [0.15, 0.2) is 81.4 Å². The van der Waals surface area contributed by atoms with Gasteiger partial charge in [-0.2, -0.15) is 18.4 Å². The Kier molecular flexibility index (Phi) is 7.26. The minimum Gasteiger partial charge on any atom is -0.398 e. The number of alkyl halides is 3. The van der Waals surface area contributed by atoms with Crippen molar-refractivity contribution in [1.82, 2.24) is 0 Å². The van der Waals surface area contributed by atoms with Gasteiger partial charge in [0.15, 0.2) is 0 Å². The molecule has 0 bridgehead atoms. The number of nitrogens with two attached hydrogens (primary N) is 2. The van der Waals surface area contributed by atoms with Crippen molar-refractivity contribution in [1.29, 1.82) is 5.26 Å². The quantitative estimate of drug-likeness (QED) is 0.359. The van der Waals surface area contributed by atoms with Gasteiger partial charge in [-0.05, 0) is 42.5 Å². The van der Waals surface area contributed by atoms with E-state index in [2.05, 4.69) is 12.6 Å². The van der Waals surface area contributed by atoms with Crippen LogP contribution in [0.5, 0.6) is 0 Å². The number of halogens is 3. The number of hydrogen-bond donors (Lipinski definition) is 3. The second-order valence-electron chi connectivity index (χ2n) is 5.52. The first-order valence-electron chi connectivity index (χ1n) is 7.89. The lowest BCUT2D eigenvalue weighted by atomic mass is 10.1. The zero-order valence-corrected chi connectivity index (χ0v) is 16.2. The molecule has 4 N–H and O–H groups in total. The summed E-state index contributed by atoms with van der Waals surface area (Å²) in [6.07, 6.45) is -4.44. The Morgan fingerprint density at radius 1 is 0.857 bits per heavy atom. The number of para-hydroxylation sites is 2. The van der Waals surface area contributed by atoms with Crippen molar-refractivity contribution in [2.75, 3.05) is 11.5 Å². The summed E-state index contributed by atoms with van der Waals surface area (Å²) in [4.78, 5) is 1.69. The molecule has 3 nitrogen and oxygen atoms in total. The summed E-state index contributed by atoms with van der Waals surface area (Å²) in [7, 11) is 0. The summed E-state index contributed by atoms with van der Waals surface area (Å²) < 4.78 is 38.1. The fourth-order valence-electron chi connectivity index (χ4n) is 2.05. The lowest BCUT2D eigenvalue weighted by Gasteiger charge is -2.11. The van der Waals surface area contributed by atoms with Gasteiger partial charge in [0.25, 0.3) is 0 Å². The van der Waals surface area contributed by atoms with Gasteiger partial charge in [-0.25, -0.2) is 0 Å². The average molecular weight is 419 g/mol. The van der Waals surface area contributed by atoms with Crippen molar-refractivity contribution in [3.05, 3.63) is 77.9 Å². The Bertz CT molecular complexity index is 977. The van der Waals surface area contributed by atoms with Gasteiger partial charge >= 0.3 is 6.18 Å². The molecule has 0 radical (unpaired) electrons. The summed E-state index contributed by atoms with van der Waals surface area (Å²) in [6.45, 7) is 0. The highest BCUT2D eigenvalue weighted by Gasteiger charge is 2.31. The predicted octanol–water partition coefficient (Wildman–Crippen LogP) is 5.87. The highest BCUT2D eigenvalue weighted by molar-refractivity contribution is 7.99. The standard InChI is InChI=1S/C14H9F3N2S.C6H7NS/c15-14(16,17)10-6-5-9(8-18)13(7-10)20-12-4-2-1-3-11(12)19;7-5-3-1-2-4-6(5)8/h1-7H,19H2;1-4,8H,7H2. The van der Waals surface area contributed by atoms with E-state index < -0.39 is 11.7 Å². The monoisotopic (exact) mass is 419 g/mol. The third kappa shape index (κ3) is 5.87. The number of nitrogen functional groups attached to an aromatic ring is 2. The Balaban J connectivity index is 0.000000292. The molecule has 0 spiro atoms. The topological polar surface area (TPSA) is 75.8 Å². The van der Waals surface area contributed by atoms with Crippen LogP contribution in [-0.2, 0) is 6.18 Å². The first kappa shape index (κ1) is 21.5. The minimum atomic E-state index is -4.44. The van der Waals surface area contributed by atoms with Gasteiger partial charge in [0.1, 0.15) is 6.07 Å². The molecule has 0 aliphatic rings. The van der Waals surface area contributed by atoms with Crippen LogP contribution in [0, 0.1) is 11.3 Å². The molecule has 28 heavy (non-hydrogen) atoms. The van der Waals surface area contributed by atoms with Gasteiger partial charge in [0.05, 0.1) is 11.1 Å². The molecule has 0 saturated heterocycles. The first-order valence-corrected chi connectivity index (χ1v) is 9.16. The molecule has 0 unspecified atom stereocenters. The molecular weight excluding hydrogens is 403 g/mol. The maximum absolute atomic E-state index is 12.7. The smallest absolute Gasteiger partial charge is 0.398 e. The molecule has 0 aliphatic heterocycles. The molecule has 0 atom stereocenters. The lowest BCUT2D eigenvalue weighted by molar-refractivity contribution is -0.137. The molecule has 0 aliphatic carbocycles. The number of hydrogen-bond acceptors (Lipinski definition) is 5. The Morgan fingerprint density at radius 3 is 1.96 bits per heavy atom. The Labute approximate surface area is 170 Å². The molecule has 3 rings (SSSR count). The first-order chi connectivity index (χ1) is 13.2. The number of nitrogens with zero attached hydrogens (tertiary/aromatic N) is 1. The van der Waals surface area contributed by atoms with Crippen LogP contribution in [0.3, 0.4) is 0 Å². The van der Waals surface area contributed by atoms with E-state index in [0.717, 1.165) is 34.5 Å². The number of thiol groups is 1. The molecule has 0 aromatic heterocycles. The second-order valence-corrected chi connectivity index (χ2v) is 7.08. The number of anilines is 2. The van der Waals surface area contributed by atoms with Crippen LogP contribution in [0.4, 0.5) is 24.5 Å². The summed E-state index contributed by atoms with van der Waals surface area (Å²) in [5.41, 5.74) is 11.8. The molecule has 144 valence electrons. The average Bonchev–Trinajstić information content (AvgIpc) is 2.66. The van der Waals surface area contributed by atoms with Crippen molar-refractivity contribution in [3.8, 4) is 6.07 Å². The summed E-state index contributed by atoms with van der Waals surface area (Å²) in [5.74, 6) is 0. The number of nitriles is 1. The maximum Gasteiger partial charge on any atom is 0.416 e. The van der Waals surface area contributed by atoms with E-state index in [-0.39, 0.29) is 10.5 Å². The van der Waals surface area contributed by atoms with Gasteiger partial charge < -0.3 is 11.5 Å². The van der Waals surface area contributed by atoms with Crippen LogP contribution in [0.25, 0.3) is 0 Å². The maximum atomic E-state index is 12.7. The van der Waals surface area contributed by atoms with E-state index in [9.17, 15) is 13.2 Å².